The average Bonchev–Trinajstić information content (AvgIpc) is 2.50. The highest BCUT2D eigenvalue weighted by Gasteiger charge is 2.25. The van der Waals surface area contributed by atoms with Crippen molar-refractivity contribution in [3.63, 3.8) is 0 Å². The fourth-order valence-corrected chi connectivity index (χ4v) is 3.00. The van der Waals surface area contributed by atoms with Gasteiger partial charge in [-0.2, -0.15) is 5.10 Å². The molecule has 1 aliphatic heterocycles. The van der Waals surface area contributed by atoms with Gasteiger partial charge in [0.05, 0.1) is 16.4 Å². The van der Waals surface area contributed by atoms with Crippen molar-refractivity contribution in [3.05, 3.63) is 16.4 Å². The Balaban J connectivity index is 2.06. The Labute approximate surface area is 116 Å². The van der Waals surface area contributed by atoms with Crippen LogP contribution in [0.5, 0.6) is 0 Å². The van der Waals surface area contributed by atoms with Gasteiger partial charge in [0, 0.05) is 25.0 Å². The van der Waals surface area contributed by atoms with Crippen molar-refractivity contribution >= 4 is 27.5 Å². The van der Waals surface area contributed by atoms with Crippen LogP contribution in [0.25, 0.3) is 0 Å². The van der Waals surface area contributed by atoms with E-state index < -0.39 is 0 Å². The Morgan fingerprint density at radius 2 is 2.24 bits per heavy atom. The van der Waals surface area contributed by atoms with Gasteiger partial charge in [-0.15, -0.1) is 0 Å². The molecule has 0 aliphatic carbocycles. The van der Waals surface area contributed by atoms with Gasteiger partial charge in [0.15, 0.2) is 0 Å². The van der Waals surface area contributed by atoms with Gasteiger partial charge in [0.2, 0.25) is 0 Å². The van der Waals surface area contributed by atoms with E-state index in [1.807, 2.05) is 18.7 Å². The highest BCUT2D eigenvalue weighted by molar-refractivity contribution is 9.09. The summed E-state index contributed by atoms with van der Waals surface area (Å²) in [6.45, 7) is 7.40. The lowest BCUT2D eigenvalue weighted by molar-refractivity contribution is 0.179. The number of hydrogen-bond acceptors (Lipinski definition) is 2. The third kappa shape index (κ3) is 2.85. The third-order valence-corrected chi connectivity index (χ3v) is 5.37. The lowest BCUT2D eigenvalue weighted by Crippen LogP contribution is -2.39. The second-order valence-electron chi connectivity index (χ2n) is 4.99. The van der Waals surface area contributed by atoms with Crippen LogP contribution in [0.2, 0.25) is 5.02 Å². The number of aryl methyl sites for hydroxylation is 2. The molecule has 0 saturated carbocycles. The van der Waals surface area contributed by atoms with Crippen LogP contribution in [0, 0.1) is 12.8 Å². The summed E-state index contributed by atoms with van der Waals surface area (Å²) in [7, 11) is 1.97. The average molecular weight is 321 g/mol. The van der Waals surface area contributed by atoms with Crippen molar-refractivity contribution in [3.8, 4) is 0 Å². The molecular formula is C12H19BrClN3. The fourth-order valence-electron chi connectivity index (χ4n) is 2.41. The summed E-state index contributed by atoms with van der Waals surface area (Å²) in [6.07, 6.45) is 1.20. The van der Waals surface area contributed by atoms with E-state index in [2.05, 4.69) is 32.9 Å². The zero-order valence-electron chi connectivity index (χ0n) is 10.6. The van der Waals surface area contributed by atoms with Crippen molar-refractivity contribution in [2.45, 2.75) is 31.6 Å². The van der Waals surface area contributed by atoms with Crippen LogP contribution in [-0.4, -0.2) is 32.6 Å². The van der Waals surface area contributed by atoms with Gasteiger partial charge < -0.3 is 0 Å². The Hall–Kier alpha value is -0.0600. The van der Waals surface area contributed by atoms with Gasteiger partial charge in [-0.05, 0) is 25.8 Å². The second kappa shape index (κ2) is 5.29. The maximum absolute atomic E-state index is 6.28. The van der Waals surface area contributed by atoms with Gasteiger partial charge in [-0.3, -0.25) is 9.58 Å². The molecule has 0 bridgehead atoms. The summed E-state index contributed by atoms with van der Waals surface area (Å²) in [5.74, 6) is 0.692. The summed E-state index contributed by atoms with van der Waals surface area (Å²) in [5, 5.41) is 5.18. The highest BCUT2D eigenvalue weighted by atomic mass is 79.9. The SMILES string of the molecule is Cc1nn(C)c(CN2CCC(Br)C(C)C2)c1Cl. The largest absolute Gasteiger partial charge is 0.297 e. The Kier molecular flexibility index (Phi) is 4.16. The number of alkyl halides is 1. The summed E-state index contributed by atoms with van der Waals surface area (Å²) in [6, 6.07) is 0. The molecule has 2 heterocycles. The molecule has 3 nitrogen and oxygen atoms in total. The number of piperidine rings is 1. The predicted octanol–water partition coefficient (Wildman–Crippen LogP) is 2.99. The van der Waals surface area contributed by atoms with E-state index in [4.69, 9.17) is 11.6 Å². The van der Waals surface area contributed by atoms with E-state index in [-0.39, 0.29) is 0 Å². The number of rotatable bonds is 2. The molecule has 0 N–H and O–H groups in total. The van der Waals surface area contributed by atoms with Crippen LogP contribution in [0.4, 0.5) is 0 Å². The lowest BCUT2D eigenvalue weighted by atomic mass is 10.00. The first-order valence-corrected chi connectivity index (χ1v) is 7.32. The minimum absolute atomic E-state index is 0.655. The van der Waals surface area contributed by atoms with Gasteiger partial charge in [0.1, 0.15) is 0 Å². The maximum Gasteiger partial charge on any atom is 0.0860 e. The molecule has 2 atom stereocenters. The monoisotopic (exact) mass is 319 g/mol. The van der Waals surface area contributed by atoms with E-state index >= 15 is 0 Å². The van der Waals surface area contributed by atoms with Crippen molar-refractivity contribution in [2.75, 3.05) is 13.1 Å². The summed E-state index contributed by atoms with van der Waals surface area (Å²) < 4.78 is 1.91. The lowest BCUT2D eigenvalue weighted by Gasteiger charge is -2.34. The van der Waals surface area contributed by atoms with E-state index in [1.54, 1.807) is 0 Å². The second-order valence-corrected chi connectivity index (χ2v) is 6.54. The van der Waals surface area contributed by atoms with Crippen molar-refractivity contribution in [1.82, 2.24) is 14.7 Å². The van der Waals surface area contributed by atoms with Gasteiger partial charge in [-0.1, -0.05) is 34.5 Å². The molecule has 1 aromatic heterocycles. The standard InChI is InChI=1S/C12H19BrClN3/c1-8-6-17(5-4-10(8)13)7-11-12(14)9(2)15-16(11)3/h8,10H,4-7H2,1-3H3. The van der Waals surface area contributed by atoms with Crippen LogP contribution in [-0.2, 0) is 13.6 Å². The van der Waals surface area contributed by atoms with Gasteiger partial charge >= 0.3 is 0 Å². The van der Waals surface area contributed by atoms with Crippen LogP contribution < -0.4 is 0 Å². The number of hydrogen-bond donors (Lipinski definition) is 0. The van der Waals surface area contributed by atoms with E-state index in [1.165, 1.54) is 6.42 Å². The quantitative estimate of drug-likeness (QED) is 0.781. The Morgan fingerprint density at radius 1 is 1.53 bits per heavy atom. The molecule has 1 fully saturated rings. The van der Waals surface area contributed by atoms with Crippen LogP contribution in [0.15, 0.2) is 0 Å². The third-order valence-electron chi connectivity index (χ3n) is 3.52. The molecule has 2 unspecified atom stereocenters. The molecule has 1 aromatic rings. The first kappa shape index (κ1) is 13.4. The molecule has 0 aromatic carbocycles. The molecule has 1 aliphatic rings. The van der Waals surface area contributed by atoms with Crippen LogP contribution >= 0.6 is 27.5 Å². The number of likely N-dealkylation sites (tertiary alicyclic amines) is 1. The maximum atomic E-state index is 6.28. The first-order chi connectivity index (χ1) is 7.99. The molecule has 0 amide bonds. The molecule has 0 spiro atoms. The molecule has 0 radical (unpaired) electrons. The van der Waals surface area contributed by atoms with Gasteiger partial charge in [0.25, 0.3) is 0 Å². The smallest absolute Gasteiger partial charge is 0.0860 e. The summed E-state index contributed by atoms with van der Waals surface area (Å²) >= 11 is 10.0. The Bertz CT molecular complexity index is 405. The molecule has 5 heteroatoms. The van der Waals surface area contributed by atoms with Gasteiger partial charge in [-0.25, -0.2) is 0 Å². The van der Waals surface area contributed by atoms with E-state index in [9.17, 15) is 0 Å². The Morgan fingerprint density at radius 3 is 2.76 bits per heavy atom. The van der Waals surface area contributed by atoms with Crippen molar-refractivity contribution in [2.24, 2.45) is 13.0 Å². The molecule has 17 heavy (non-hydrogen) atoms. The minimum Gasteiger partial charge on any atom is -0.297 e. The van der Waals surface area contributed by atoms with Crippen LogP contribution in [0.1, 0.15) is 24.7 Å². The van der Waals surface area contributed by atoms with Crippen molar-refractivity contribution < 1.29 is 0 Å². The molecular weight excluding hydrogens is 302 g/mol. The fraction of sp³-hybridized carbons (Fsp3) is 0.750. The predicted molar refractivity (Wildman–Crippen MR) is 74.7 cm³/mol. The zero-order valence-corrected chi connectivity index (χ0v) is 12.9. The highest BCUT2D eigenvalue weighted by Crippen LogP contribution is 2.26. The number of aromatic nitrogens is 2. The normalized spacial score (nSPS) is 26.4. The summed E-state index contributed by atoms with van der Waals surface area (Å²) in [5.41, 5.74) is 2.05. The van der Waals surface area contributed by atoms with E-state index in [0.29, 0.717) is 10.7 Å². The number of nitrogens with zero attached hydrogens (tertiary/aromatic N) is 3. The topological polar surface area (TPSA) is 21.1 Å². The zero-order chi connectivity index (χ0) is 12.6. The molecule has 1 saturated heterocycles. The van der Waals surface area contributed by atoms with Crippen molar-refractivity contribution in [1.29, 1.82) is 0 Å². The molecule has 2 rings (SSSR count). The van der Waals surface area contributed by atoms with Crippen LogP contribution in [0.3, 0.4) is 0 Å². The number of halogens is 2. The summed E-state index contributed by atoms with van der Waals surface area (Å²) in [4.78, 5) is 3.12. The van der Waals surface area contributed by atoms with E-state index in [0.717, 1.165) is 36.0 Å². The molecule has 96 valence electrons. The minimum atomic E-state index is 0.655. The first-order valence-electron chi connectivity index (χ1n) is 6.03.